The fourth-order valence-electron chi connectivity index (χ4n) is 1.74. The fourth-order valence-corrected chi connectivity index (χ4v) is 2.20. The van der Waals surface area contributed by atoms with E-state index in [1.165, 1.54) is 6.07 Å². The van der Waals surface area contributed by atoms with Crippen LogP contribution in [0.25, 0.3) is 0 Å². The van der Waals surface area contributed by atoms with E-state index < -0.39 is 5.82 Å². The second kappa shape index (κ2) is 6.44. The van der Waals surface area contributed by atoms with Gasteiger partial charge in [0.2, 0.25) is 0 Å². The smallest absolute Gasteiger partial charge is 0.138 e. The minimum atomic E-state index is -0.402. The number of hydrogen-bond donors (Lipinski definition) is 1. The lowest BCUT2D eigenvalue weighted by Crippen LogP contribution is -2.05. The van der Waals surface area contributed by atoms with Gasteiger partial charge in [0.1, 0.15) is 18.2 Å². The molecule has 0 bridgehead atoms. The number of nitrogens with two attached hydrogens (primary N) is 1. The first-order chi connectivity index (χ1) is 9.49. The van der Waals surface area contributed by atoms with Crippen molar-refractivity contribution in [2.45, 2.75) is 19.6 Å². The zero-order valence-corrected chi connectivity index (χ0v) is 12.4. The van der Waals surface area contributed by atoms with E-state index in [0.29, 0.717) is 21.4 Å². The van der Waals surface area contributed by atoms with E-state index in [1.807, 2.05) is 13.0 Å². The van der Waals surface area contributed by atoms with Gasteiger partial charge in [-0.1, -0.05) is 35.3 Å². The molecule has 0 saturated heterocycles. The lowest BCUT2D eigenvalue weighted by molar-refractivity contribution is 0.300. The second-order valence-electron chi connectivity index (χ2n) is 4.47. The van der Waals surface area contributed by atoms with Crippen LogP contribution in [0.2, 0.25) is 10.0 Å². The van der Waals surface area contributed by atoms with Crippen molar-refractivity contribution >= 4 is 23.2 Å². The monoisotopic (exact) mass is 313 g/mol. The molecule has 2 nitrogen and oxygen atoms in total. The minimum absolute atomic E-state index is 0.0166. The molecule has 0 saturated carbocycles. The molecular weight excluding hydrogens is 300 g/mol. The molecule has 0 fully saturated rings. The highest BCUT2D eigenvalue weighted by Crippen LogP contribution is 2.29. The Kier molecular flexibility index (Phi) is 4.86. The molecule has 20 heavy (non-hydrogen) atoms. The summed E-state index contributed by atoms with van der Waals surface area (Å²) in [4.78, 5) is 0. The van der Waals surface area contributed by atoms with Crippen LogP contribution in [-0.2, 0) is 6.61 Å². The highest BCUT2D eigenvalue weighted by atomic mass is 35.5. The first kappa shape index (κ1) is 15.1. The van der Waals surface area contributed by atoms with Crippen molar-refractivity contribution in [2.24, 2.45) is 5.73 Å². The molecule has 1 atom stereocenters. The van der Waals surface area contributed by atoms with E-state index >= 15 is 0 Å². The Bertz CT molecular complexity index is 597. The Morgan fingerprint density at radius 3 is 2.55 bits per heavy atom. The molecule has 0 radical (unpaired) electrons. The van der Waals surface area contributed by atoms with Crippen molar-refractivity contribution in [3.05, 3.63) is 63.4 Å². The molecule has 0 spiro atoms. The van der Waals surface area contributed by atoms with E-state index in [9.17, 15) is 4.39 Å². The van der Waals surface area contributed by atoms with Gasteiger partial charge in [-0.05, 0) is 36.8 Å². The summed E-state index contributed by atoms with van der Waals surface area (Å²) in [6.07, 6.45) is 0. The van der Waals surface area contributed by atoms with Crippen LogP contribution in [0.1, 0.15) is 24.1 Å². The number of rotatable bonds is 4. The summed E-state index contributed by atoms with van der Waals surface area (Å²) in [5.41, 5.74) is 6.99. The predicted molar refractivity (Wildman–Crippen MR) is 79.8 cm³/mol. The van der Waals surface area contributed by atoms with Crippen LogP contribution < -0.4 is 10.5 Å². The summed E-state index contributed by atoms with van der Waals surface area (Å²) < 4.78 is 19.1. The zero-order valence-electron chi connectivity index (χ0n) is 10.9. The first-order valence-corrected chi connectivity index (χ1v) is 6.85. The number of benzene rings is 2. The minimum Gasteiger partial charge on any atom is -0.487 e. The molecule has 0 heterocycles. The molecule has 2 aromatic carbocycles. The molecule has 0 aromatic heterocycles. The molecule has 0 amide bonds. The van der Waals surface area contributed by atoms with Crippen LogP contribution in [0.5, 0.6) is 5.75 Å². The van der Waals surface area contributed by atoms with Crippen LogP contribution in [0, 0.1) is 5.82 Å². The Hall–Kier alpha value is -1.29. The summed E-state index contributed by atoms with van der Waals surface area (Å²) in [6.45, 7) is 1.88. The summed E-state index contributed by atoms with van der Waals surface area (Å²) in [6, 6.07) is 9.68. The van der Waals surface area contributed by atoms with Gasteiger partial charge in [-0.25, -0.2) is 4.39 Å². The largest absolute Gasteiger partial charge is 0.487 e. The van der Waals surface area contributed by atoms with Crippen molar-refractivity contribution < 1.29 is 9.13 Å². The van der Waals surface area contributed by atoms with Crippen LogP contribution in [0.15, 0.2) is 36.4 Å². The second-order valence-corrected chi connectivity index (χ2v) is 5.28. The van der Waals surface area contributed by atoms with Crippen LogP contribution in [-0.4, -0.2) is 0 Å². The van der Waals surface area contributed by atoms with E-state index in [2.05, 4.69) is 0 Å². The maximum atomic E-state index is 13.6. The third-order valence-electron chi connectivity index (χ3n) is 2.92. The van der Waals surface area contributed by atoms with Crippen LogP contribution in [0.3, 0.4) is 0 Å². The standard InChI is InChI=1S/C15H14Cl2FNO/c1-9(19)10-5-6-15(13(17)7-10)20-8-11-12(16)3-2-4-14(11)18/h2-7,9H,8,19H2,1H3. The summed E-state index contributed by atoms with van der Waals surface area (Å²) in [7, 11) is 0. The molecule has 2 rings (SSSR count). The van der Waals surface area contributed by atoms with Crippen molar-refractivity contribution in [2.75, 3.05) is 0 Å². The normalized spacial score (nSPS) is 12.2. The molecule has 0 aliphatic carbocycles. The Morgan fingerprint density at radius 2 is 1.95 bits per heavy atom. The third kappa shape index (κ3) is 3.42. The molecule has 106 valence electrons. The quantitative estimate of drug-likeness (QED) is 0.885. The highest BCUT2D eigenvalue weighted by Gasteiger charge is 2.10. The Labute approximate surface area is 127 Å². The van der Waals surface area contributed by atoms with E-state index in [1.54, 1.807) is 24.3 Å². The maximum absolute atomic E-state index is 13.6. The number of hydrogen-bond acceptors (Lipinski definition) is 2. The Balaban J connectivity index is 2.15. The van der Waals surface area contributed by atoms with Crippen molar-refractivity contribution in [3.8, 4) is 5.75 Å². The lowest BCUT2D eigenvalue weighted by atomic mass is 10.1. The Morgan fingerprint density at radius 1 is 1.20 bits per heavy atom. The van der Waals surface area contributed by atoms with E-state index in [0.717, 1.165) is 5.56 Å². The number of ether oxygens (including phenoxy) is 1. The summed E-state index contributed by atoms with van der Waals surface area (Å²) in [5.74, 6) is 0.0659. The van der Waals surface area contributed by atoms with Gasteiger partial charge in [0.25, 0.3) is 0 Å². The molecule has 1 unspecified atom stereocenters. The molecular formula is C15H14Cl2FNO. The average molecular weight is 314 g/mol. The van der Waals surface area contributed by atoms with Gasteiger partial charge < -0.3 is 10.5 Å². The van der Waals surface area contributed by atoms with Gasteiger partial charge in [-0.15, -0.1) is 0 Å². The van der Waals surface area contributed by atoms with Crippen molar-refractivity contribution in [1.29, 1.82) is 0 Å². The number of halogens is 3. The first-order valence-electron chi connectivity index (χ1n) is 6.09. The van der Waals surface area contributed by atoms with Gasteiger partial charge >= 0.3 is 0 Å². The summed E-state index contributed by atoms with van der Waals surface area (Å²) in [5, 5.41) is 0.764. The van der Waals surface area contributed by atoms with Gasteiger partial charge in [0, 0.05) is 11.6 Å². The van der Waals surface area contributed by atoms with E-state index in [4.69, 9.17) is 33.7 Å². The van der Waals surface area contributed by atoms with Gasteiger partial charge in [-0.2, -0.15) is 0 Å². The highest BCUT2D eigenvalue weighted by molar-refractivity contribution is 6.32. The molecule has 0 aliphatic rings. The molecule has 5 heteroatoms. The van der Waals surface area contributed by atoms with Crippen molar-refractivity contribution in [3.63, 3.8) is 0 Å². The van der Waals surface area contributed by atoms with E-state index in [-0.39, 0.29) is 12.6 Å². The topological polar surface area (TPSA) is 35.2 Å². The lowest BCUT2D eigenvalue weighted by Gasteiger charge is -2.12. The van der Waals surface area contributed by atoms with Crippen LogP contribution in [0.4, 0.5) is 4.39 Å². The summed E-state index contributed by atoms with van der Waals surface area (Å²) >= 11 is 12.0. The molecule has 0 aliphatic heterocycles. The maximum Gasteiger partial charge on any atom is 0.138 e. The third-order valence-corrected chi connectivity index (χ3v) is 3.56. The van der Waals surface area contributed by atoms with Crippen molar-refractivity contribution in [1.82, 2.24) is 0 Å². The zero-order chi connectivity index (χ0) is 14.7. The SMILES string of the molecule is CC(N)c1ccc(OCc2c(F)cccc2Cl)c(Cl)c1. The van der Waals surface area contributed by atoms with Crippen LogP contribution >= 0.6 is 23.2 Å². The molecule has 2 aromatic rings. The van der Waals surface area contributed by atoms with Gasteiger partial charge in [0.05, 0.1) is 10.0 Å². The molecule has 2 N–H and O–H groups in total. The van der Waals surface area contributed by atoms with Gasteiger partial charge in [0.15, 0.2) is 0 Å². The average Bonchev–Trinajstić information content (AvgIpc) is 2.39. The predicted octanol–water partition coefficient (Wildman–Crippen LogP) is 4.73. The van der Waals surface area contributed by atoms with Gasteiger partial charge in [-0.3, -0.25) is 0 Å². The fraction of sp³-hybridized carbons (Fsp3) is 0.200.